The van der Waals surface area contributed by atoms with E-state index in [1.807, 2.05) is 0 Å². The molecule has 1 saturated carbocycles. The highest BCUT2D eigenvalue weighted by Crippen LogP contribution is 2.51. The number of rotatable bonds is 6. The molecular weight excluding hydrogens is 228 g/mol. The predicted octanol–water partition coefficient (Wildman–Crippen LogP) is 3.73. The second kappa shape index (κ2) is 4.86. The first kappa shape index (κ1) is 14.9. The maximum atomic E-state index is 10.1. The first-order valence-corrected chi connectivity index (χ1v) is 9.48. The van der Waals surface area contributed by atoms with Gasteiger partial charge in [-0.1, -0.05) is 26.8 Å². The van der Waals surface area contributed by atoms with E-state index >= 15 is 0 Å². The molecule has 0 saturated heterocycles. The van der Waals surface area contributed by atoms with Gasteiger partial charge in [0.15, 0.2) is 8.32 Å². The minimum atomic E-state index is -1.68. The predicted molar refractivity (Wildman–Crippen MR) is 75.6 cm³/mol. The summed E-state index contributed by atoms with van der Waals surface area (Å²) in [6.45, 7) is 15.7. The van der Waals surface area contributed by atoms with Crippen LogP contribution in [0.5, 0.6) is 0 Å². The van der Waals surface area contributed by atoms with E-state index in [4.69, 9.17) is 4.43 Å². The molecule has 0 heterocycles. The molecule has 0 spiro atoms. The molecule has 17 heavy (non-hydrogen) atoms. The van der Waals surface area contributed by atoms with Gasteiger partial charge in [-0.25, -0.2) is 0 Å². The standard InChI is InChI=1S/C14H28O2Si/c1-7-8-12(15)14(9-10-14)11-16-17(5,6)13(2,3)4/h7,12,15H,1,8-11H2,2-6H3. The summed E-state index contributed by atoms with van der Waals surface area (Å²) in [5, 5.41) is 10.3. The largest absolute Gasteiger partial charge is 0.416 e. The average molecular weight is 256 g/mol. The molecule has 0 bridgehead atoms. The van der Waals surface area contributed by atoms with Crippen LogP contribution in [-0.4, -0.2) is 26.1 Å². The molecule has 1 aliphatic carbocycles. The van der Waals surface area contributed by atoms with Crippen molar-refractivity contribution in [2.75, 3.05) is 6.61 Å². The topological polar surface area (TPSA) is 29.5 Å². The zero-order valence-corrected chi connectivity index (χ0v) is 13.0. The Balaban J connectivity index is 2.54. The minimum Gasteiger partial charge on any atom is -0.416 e. The third-order valence-corrected chi connectivity index (χ3v) is 8.99. The van der Waals surface area contributed by atoms with Crippen LogP contribution in [0.4, 0.5) is 0 Å². The number of hydrogen-bond acceptors (Lipinski definition) is 2. The molecule has 100 valence electrons. The zero-order valence-electron chi connectivity index (χ0n) is 12.0. The molecule has 0 radical (unpaired) electrons. The molecule has 0 aromatic heterocycles. The molecule has 0 amide bonds. The van der Waals surface area contributed by atoms with Crippen molar-refractivity contribution in [2.45, 2.75) is 64.3 Å². The van der Waals surface area contributed by atoms with E-state index < -0.39 is 8.32 Å². The molecule has 1 fully saturated rings. The van der Waals surface area contributed by atoms with Gasteiger partial charge < -0.3 is 9.53 Å². The van der Waals surface area contributed by atoms with Crippen LogP contribution < -0.4 is 0 Å². The molecule has 0 aromatic carbocycles. The van der Waals surface area contributed by atoms with Gasteiger partial charge in [-0.3, -0.25) is 0 Å². The average Bonchev–Trinajstić information content (AvgIpc) is 2.94. The maximum absolute atomic E-state index is 10.1. The molecule has 1 N–H and O–H groups in total. The summed E-state index contributed by atoms with van der Waals surface area (Å²) >= 11 is 0. The van der Waals surface area contributed by atoms with Gasteiger partial charge >= 0.3 is 0 Å². The smallest absolute Gasteiger partial charge is 0.192 e. The quantitative estimate of drug-likeness (QED) is 0.579. The van der Waals surface area contributed by atoms with Crippen LogP contribution in [0.15, 0.2) is 12.7 Å². The third-order valence-electron chi connectivity index (χ3n) is 4.52. The molecule has 1 aliphatic rings. The molecule has 0 aliphatic heterocycles. The summed E-state index contributed by atoms with van der Waals surface area (Å²) in [5.74, 6) is 0. The van der Waals surface area contributed by atoms with Gasteiger partial charge in [0.2, 0.25) is 0 Å². The van der Waals surface area contributed by atoms with Crippen LogP contribution in [0.1, 0.15) is 40.0 Å². The van der Waals surface area contributed by atoms with Crippen molar-refractivity contribution in [1.29, 1.82) is 0 Å². The Morgan fingerprint density at radius 3 is 2.29 bits per heavy atom. The van der Waals surface area contributed by atoms with E-state index in [2.05, 4.69) is 40.4 Å². The zero-order chi connectivity index (χ0) is 13.3. The van der Waals surface area contributed by atoms with Gasteiger partial charge in [0, 0.05) is 12.0 Å². The van der Waals surface area contributed by atoms with Crippen molar-refractivity contribution < 1.29 is 9.53 Å². The molecule has 1 unspecified atom stereocenters. The summed E-state index contributed by atoms with van der Waals surface area (Å²) in [7, 11) is -1.68. The first-order chi connectivity index (χ1) is 7.65. The molecular formula is C14H28O2Si. The van der Waals surface area contributed by atoms with Crippen LogP contribution in [0, 0.1) is 5.41 Å². The van der Waals surface area contributed by atoms with E-state index in [1.165, 1.54) is 0 Å². The van der Waals surface area contributed by atoms with Gasteiger partial charge in [0.05, 0.1) is 6.10 Å². The fraction of sp³-hybridized carbons (Fsp3) is 0.857. The maximum Gasteiger partial charge on any atom is 0.192 e. The normalized spacial score (nSPS) is 21.1. The fourth-order valence-corrected chi connectivity index (χ4v) is 2.76. The Morgan fingerprint density at radius 1 is 1.41 bits per heavy atom. The lowest BCUT2D eigenvalue weighted by Gasteiger charge is -2.38. The van der Waals surface area contributed by atoms with Gasteiger partial charge in [-0.15, -0.1) is 6.58 Å². The lowest BCUT2D eigenvalue weighted by atomic mass is 9.98. The van der Waals surface area contributed by atoms with Crippen molar-refractivity contribution in [3.05, 3.63) is 12.7 Å². The van der Waals surface area contributed by atoms with Crippen molar-refractivity contribution in [2.24, 2.45) is 5.41 Å². The molecule has 3 heteroatoms. The lowest BCUT2D eigenvalue weighted by molar-refractivity contribution is 0.0565. The van der Waals surface area contributed by atoms with Crippen LogP contribution in [0.3, 0.4) is 0 Å². The van der Waals surface area contributed by atoms with Crippen molar-refractivity contribution in [1.82, 2.24) is 0 Å². The van der Waals surface area contributed by atoms with Crippen molar-refractivity contribution in [3.8, 4) is 0 Å². The van der Waals surface area contributed by atoms with Gasteiger partial charge in [0.25, 0.3) is 0 Å². The highest BCUT2D eigenvalue weighted by Gasteiger charge is 2.50. The van der Waals surface area contributed by atoms with E-state index in [0.29, 0.717) is 6.42 Å². The summed E-state index contributed by atoms with van der Waals surface area (Å²) < 4.78 is 6.23. The monoisotopic (exact) mass is 256 g/mol. The number of hydrogen-bond donors (Lipinski definition) is 1. The molecule has 0 aromatic rings. The first-order valence-electron chi connectivity index (χ1n) is 6.58. The minimum absolute atomic E-state index is 0.0315. The second-order valence-electron chi connectivity index (χ2n) is 6.95. The SMILES string of the molecule is C=CCC(O)C1(CO[Si](C)(C)C(C)(C)C)CC1. The highest BCUT2D eigenvalue weighted by atomic mass is 28.4. The van der Waals surface area contributed by atoms with Gasteiger partial charge in [-0.2, -0.15) is 0 Å². The van der Waals surface area contributed by atoms with Crippen LogP contribution >= 0.6 is 0 Å². The summed E-state index contributed by atoms with van der Waals surface area (Å²) in [6, 6.07) is 0. The fourth-order valence-electron chi connectivity index (χ4n) is 1.68. The van der Waals surface area contributed by atoms with Crippen molar-refractivity contribution >= 4 is 8.32 Å². The molecule has 2 nitrogen and oxygen atoms in total. The van der Waals surface area contributed by atoms with Crippen LogP contribution in [0.25, 0.3) is 0 Å². The second-order valence-corrected chi connectivity index (χ2v) is 11.8. The Bertz CT molecular complexity index is 274. The third kappa shape index (κ3) is 3.43. The number of aliphatic hydroxyl groups is 1. The van der Waals surface area contributed by atoms with Gasteiger partial charge in [-0.05, 0) is 37.4 Å². The van der Waals surface area contributed by atoms with E-state index in [1.54, 1.807) is 6.08 Å². The molecule has 1 atom stereocenters. The number of aliphatic hydroxyl groups excluding tert-OH is 1. The summed E-state index contributed by atoms with van der Waals surface area (Å²) in [6.07, 6.45) is 4.40. The Kier molecular flexibility index (Phi) is 4.27. The summed E-state index contributed by atoms with van der Waals surface area (Å²) in [4.78, 5) is 0. The Labute approximate surface area is 107 Å². The van der Waals surface area contributed by atoms with E-state index in [0.717, 1.165) is 19.4 Å². The van der Waals surface area contributed by atoms with Crippen molar-refractivity contribution in [3.63, 3.8) is 0 Å². The molecule has 1 rings (SSSR count). The summed E-state index contributed by atoms with van der Waals surface area (Å²) in [5.41, 5.74) is 0.0315. The van der Waals surface area contributed by atoms with Gasteiger partial charge in [0.1, 0.15) is 0 Å². The Hall–Kier alpha value is -0.123. The lowest BCUT2D eigenvalue weighted by Crippen LogP contribution is -2.43. The Morgan fingerprint density at radius 2 is 1.94 bits per heavy atom. The van der Waals surface area contributed by atoms with E-state index in [-0.39, 0.29) is 16.6 Å². The van der Waals surface area contributed by atoms with Crippen LogP contribution in [0.2, 0.25) is 18.1 Å². The van der Waals surface area contributed by atoms with E-state index in [9.17, 15) is 5.11 Å². The highest BCUT2D eigenvalue weighted by molar-refractivity contribution is 6.74. The van der Waals surface area contributed by atoms with Crippen LogP contribution in [-0.2, 0) is 4.43 Å².